The fraction of sp³-hybridized carbons (Fsp3) is 0.750. The van der Waals surface area contributed by atoms with Gasteiger partial charge in [-0.25, -0.2) is 4.68 Å². The van der Waals surface area contributed by atoms with Gasteiger partial charge in [-0.3, -0.25) is 0 Å². The quantitative estimate of drug-likeness (QED) is 0.256. The molecule has 0 aliphatic heterocycles. The molecule has 0 amide bonds. The topological polar surface area (TPSA) is 102 Å². The van der Waals surface area contributed by atoms with Crippen LogP contribution in [0.5, 0.6) is 0 Å². The lowest BCUT2D eigenvalue weighted by Gasteiger charge is -2.08. The summed E-state index contributed by atoms with van der Waals surface area (Å²) >= 11 is 1.53. The number of hydrogen-bond donors (Lipinski definition) is 2. The molecule has 0 spiro atoms. The molecule has 0 radical (unpaired) electrons. The van der Waals surface area contributed by atoms with Crippen LogP contribution in [0.25, 0.3) is 0 Å². The molecule has 1 aliphatic rings. The van der Waals surface area contributed by atoms with Crippen molar-refractivity contribution < 1.29 is 5.21 Å². The summed E-state index contributed by atoms with van der Waals surface area (Å²) in [6.45, 7) is 1.90. The van der Waals surface area contributed by atoms with Gasteiger partial charge < -0.3 is 10.9 Å². The number of tetrazole rings is 1. The number of hydrogen-bond acceptors (Lipinski definition) is 6. The molecule has 8 heteroatoms. The molecule has 1 atom stereocenters. The third-order valence-electron chi connectivity index (χ3n) is 2.44. The maximum Gasteiger partial charge on any atom is 0.209 e. The molecule has 0 aromatic carbocycles. The van der Waals surface area contributed by atoms with Crippen molar-refractivity contribution in [2.45, 2.75) is 31.0 Å². The Kier molecular flexibility index (Phi) is 3.28. The van der Waals surface area contributed by atoms with Gasteiger partial charge in [0.1, 0.15) is 5.84 Å². The minimum atomic E-state index is -0.000599. The number of rotatable bonds is 5. The second-order valence-electron chi connectivity index (χ2n) is 3.87. The average Bonchev–Trinajstić information content (AvgIpc) is 3.04. The summed E-state index contributed by atoms with van der Waals surface area (Å²) < 4.78 is 1.85. The van der Waals surface area contributed by atoms with E-state index in [0.717, 1.165) is 18.0 Å². The molecule has 1 aromatic rings. The van der Waals surface area contributed by atoms with E-state index in [0.29, 0.717) is 11.8 Å². The molecule has 1 heterocycles. The molecule has 1 saturated carbocycles. The van der Waals surface area contributed by atoms with Crippen molar-refractivity contribution >= 4 is 17.6 Å². The summed E-state index contributed by atoms with van der Waals surface area (Å²) in [5, 5.41) is 23.9. The summed E-state index contributed by atoms with van der Waals surface area (Å²) in [5.74, 6) is 0.931. The van der Waals surface area contributed by atoms with Crippen LogP contribution >= 0.6 is 11.8 Å². The molecule has 88 valence electrons. The average molecular weight is 242 g/mol. The largest absolute Gasteiger partial charge is 0.409 e. The number of nitrogens with zero attached hydrogens (tertiary/aromatic N) is 5. The normalized spacial score (nSPS) is 18.7. The first-order valence-corrected chi connectivity index (χ1v) is 6.09. The Morgan fingerprint density at radius 1 is 1.75 bits per heavy atom. The Morgan fingerprint density at radius 2 is 2.50 bits per heavy atom. The molecular weight excluding hydrogens is 228 g/mol. The zero-order valence-corrected chi connectivity index (χ0v) is 9.76. The number of aromatic nitrogens is 4. The Bertz CT molecular complexity index is 388. The fourth-order valence-electron chi connectivity index (χ4n) is 1.21. The zero-order chi connectivity index (χ0) is 11.5. The van der Waals surface area contributed by atoms with Crippen LogP contribution in [-0.2, 0) is 0 Å². The van der Waals surface area contributed by atoms with Gasteiger partial charge in [-0.2, -0.15) is 0 Å². The van der Waals surface area contributed by atoms with Gasteiger partial charge in [-0.05, 0) is 23.3 Å². The van der Waals surface area contributed by atoms with Crippen LogP contribution < -0.4 is 5.73 Å². The van der Waals surface area contributed by atoms with Crippen LogP contribution in [0.4, 0.5) is 0 Å². The van der Waals surface area contributed by atoms with E-state index in [2.05, 4.69) is 20.7 Å². The monoisotopic (exact) mass is 242 g/mol. The minimum Gasteiger partial charge on any atom is -0.409 e. The van der Waals surface area contributed by atoms with Crippen LogP contribution in [-0.4, -0.2) is 37.0 Å². The molecule has 16 heavy (non-hydrogen) atoms. The van der Waals surface area contributed by atoms with Crippen molar-refractivity contribution in [2.24, 2.45) is 16.8 Å². The Hall–Kier alpha value is -1.31. The van der Waals surface area contributed by atoms with E-state index in [1.165, 1.54) is 11.8 Å². The molecule has 7 nitrogen and oxygen atoms in total. The molecule has 1 fully saturated rings. The van der Waals surface area contributed by atoms with Gasteiger partial charge in [0, 0.05) is 11.7 Å². The molecule has 2 rings (SSSR count). The van der Waals surface area contributed by atoms with Crippen molar-refractivity contribution in [2.75, 3.05) is 5.75 Å². The van der Waals surface area contributed by atoms with Crippen molar-refractivity contribution in [1.29, 1.82) is 0 Å². The first-order chi connectivity index (χ1) is 7.72. The van der Waals surface area contributed by atoms with Crippen LogP contribution in [0.3, 0.4) is 0 Å². The number of amidine groups is 1. The maximum atomic E-state index is 8.52. The van der Waals surface area contributed by atoms with Crippen molar-refractivity contribution in [3.8, 4) is 0 Å². The van der Waals surface area contributed by atoms with Gasteiger partial charge in [0.05, 0.1) is 6.04 Å². The summed E-state index contributed by atoms with van der Waals surface area (Å²) in [7, 11) is 0. The van der Waals surface area contributed by atoms with E-state index in [-0.39, 0.29) is 11.8 Å². The summed E-state index contributed by atoms with van der Waals surface area (Å²) in [4.78, 5) is 0. The van der Waals surface area contributed by atoms with E-state index >= 15 is 0 Å². The lowest BCUT2D eigenvalue weighted by atomic mass is 10.2. The number of oxime groups is 1. The Morgan fingerprint density at radius 3 is 3.12 bits per heavy atom. The SMILES string of the molecule is CC(CSc1nnnn1C1CC1)/C(N)=N/O. The lowest BCUT2D eigenvalue weighted by Crippen LogP contribution is -2.23. The van der Waals surface area contributed by atoms with E-state index in [4.69, 9.17) is 10.9 Å². The Labute approximate surface area is 97.1 Å². The standard InChI is InChI=1S/C8H14N6OS/c1-5(7(9)11-15)4-16-8-10-12-13-14(8)6-2-3-6/h5-6,15H,2-4H2,1H3,(H2,9,11). The van der Waals surface area contributed by atoms with Crippen molar-refractivity contribution in [3.63, 3.8) is 0 Å². The highest BCUT2D eigenvalue weighted by molar-refractivity contribution is 7.99. The van der Waals surface area contributed by atoms with Crippen LogP contribution in [0, 0.1) is 5.92 Å². The highest BCUT2D eigenvalue weighted by atomic mass is 32.2. The van der Waals surface area contributed by atoms with Gasteiger partial charge in [-0.1, -0.05) is 23.8 Å². The van der Waals surface area contributed by atoms with E-state index in [1.807, 2.05) is 11.6 Å². The minimum absolute atomic E-state index is 0.000599. The van der Waals surface area contributed by atoms with Gasteiger partial charge in [-0.15, -0.1) is 5.10 Å². The fourth-order valence-corrected chi connectivity index (χ4v) is 2.19. The van der Waals surface area contributed by atoms with Gasteiger partial charge in [0.2, 0.25) is 5.16 Å². The molecule has 1 aliphatic carbocycles. The first kappa shape index (κ1) is 11.2. The summed E-state index contributed by atoms with van der Waals surface area (Å²) in [6, 6.07) is 0.469. The van der Waals surface area contributed by atoms with Crippen LogP contribution in [0.2, 0.25) is 0 Å². The van der Waals surface area contributed by atoms with E-state index < -0.39 is 0 Å². The smallest absolute Gasteiger partial charge is 0.209 e. The van der Waals surface area contributed by atoms with E-state index in [9.17, 15) is 0 Å². The zero-order valence-electron chi connectivity index (χ0n) is 8.94. The second kappa shape index (κ2) is 4.69. The maximum absolute atomic E-state index is 8.52. The first-order valence-electron chi connectivity index (χ1n) is 5.10. The number of nitrogens with two attached hydrogens (primary N) is 1. The third kappa shape index (κ3) is 2.43. The van der Waals surface area contributed by atoms with Crippen LogP contribution in [0.15, 0.2) is 10.3 Å². The molecular formula is C8H14N6OS. The van der Waals surface area contributed by atoms with Crippen molar-refractivity contribution in [1.82, 2.24) is 20.2 Å². The molecule has 1 aromatic heterocycles. The lowest BCUT2D eigenvalue weighted by molar-refractivity contribution is 0.315. The molecule has 3 N–H and O–H groups in total. The van der Waals surface area contributed by atoms with E-state index in [1.54, 1.807) is 0 Å². The second-order valence-corrected chi connectivity index (χ2v) is 4.86. The molecule has 0 saturated heterocycles. The predicted octanol–water partition coefficient (Wildman–Crippen LogP) is 0.483. The molecule has 1 unspecified atom stereocenters. The van der Waals surface area contributed by atoms with Gasteiger partial charge >= 0.3 is 0 Å². The van der Waals surface area contributed by atoms with Gasteiger partial charge in [0.25, 0.3) is 0 Å². The highest BCUT2D eigenvalue weighted by Crippen LogP contribution is 2.36. The Balaban J connectivity index is 1.91. The van der Waals surface area contributed by atoms with Crippen molar-refractivity contribution in [3.05, 3.63) is 0 Å². The third-order valence-corrected chi connectivity index (χ3v) is 3.63. The van der Waals surface area contributed by atoms with Gasteiger partial charge in [0.15, 0.2) is 0 Å². The highest BCUT2D eigenvalue weighted by Gasteiger charge is 2.28. The number of thioether (sulfide) groups is 1. The predicted molar refractivity (Wildman–Crippen MR) is 59.4 cm³/mol. The summed E-state index contributed by atoms with van der Waals surface area (Å²) in [5.41, 5.74) is 5.49. The summed E-state index contributed by atoms with van der Waals surface area (Å²) in [6.07, 6.45) is 2.29. The molecule has 0 bridgehead atoms. The van der Waals surface area contributed by atoms with Crippen LogP contribution in [0.1, 0.15) is 25.8 Å².